The van der Waals surface area contributed by atoms with E-state index >= 15 is 0 Å². The molecular formula is C12H15ClN2O2. The van der Waals surface area contributed by atoms with Crippen LogP contribution in [0.15, 0.2) is 18.3 Å². The van der Waals surface area contributed by atoms with E-state index in [0.29, 0.717) is 17.3 Å². The number of halogens is 1. The van der Waals surface area contributed by atoms with Crippen molar-refractivity contribution in [1.29, 1.82) is 0 Å². The molecule has 1 fully saturated rings. The highest BCUT2D eigenvalue weighted by atomic mass is 35.5. The molecule has 92 valence electrons. The average molecular weight is 255 g/mol. The molecule has 1 aliphatic heterocycles. The standard InChI is InChI=1S/C12H15ClN2O2/c1-12(4-2-6-17-12)8-15-11(16)10-7-9(13)3-5-14-10/h3,5,7H,2,4,6,8H2,1H3,(H,15,16). The zero-order chi connectivity index (χ0) is 12.3. The van der Waals surface area contributed by atoms with Gasteiger partial charge in [-0.2, -0.15) is 0 Å². The fourth-order valence-electron chi connectivity index (χ4n) is 1.86. The number of hydrogen-bond acceptors (Lipinski definition) is 3. The van der Waals surface area contributed by atoms with Crippen LogP contribution in [0.5, 0.6) is 0 Å². The normalized spacial score (nSPS) is 23.6. The van der Waals surface area contributed by atoms with Crippen molar-refractivity contribution < 1.29 is 9.53 Å². The van der Waals surface area contributed by atoms with E-state index < -0.39 is 0 Å². The van der Waals surface area contributed by atoms with Gasteiger partial charge in [0.2, 0.25) is 0 Å². The van der Waals surface area contributed by atoms with Crippen molar-refractivity contribution in [3.63, 3.8) is 0 Å². The van der Waals surface area contributed by atoms with Crippen molar-refractivity contribution in [3.05, 3.63) is 29.0 Å². The number of carbonyl (C=O) groups is 1. The minimum Gasteiger partial charge on any atom is -0.373 e. The van der Waals surface area contributed by atoms with Crippen LogP contribution in [0.2, 0.25) is 5.02 Å². The predicted molar refractivity (Wildman–Crippen MR) is 65.2 cm³/mol. The number of hydrogen-bond donors (Lipinski definition) is 1. The van der Waals surface area contributed by atoms with E-state index in [-0.39, 0.29) is 11.5 Å². The van der Waals surface area contributed by atoms with Crippen molar-refractivity contribution in [3.8, 4) is 0 Å². The monoisotopic (exact) mass is 254 g/mol. The van der Waals surface area contributed by atoms with Crippen molar-refractivity contribution in [2.75, 3.05) is 13.2 Å². The van der Waals surface area contributed by atoms with Crippen LogP contribution in [-0.2, 0) is 4.74 Å². The van der Waals surface area contributed by atoms with Gasteiger partial charge in [-0.15, -0.1) is 0 Å². The Bertz CT molecular complexity index is 417. The van der Waals surface area contributed by atoms with Crippen molar-refractivity contribution in [1.82, 2.24) is 10.3 Å². The van der Waals surface area contributed by atoms with Crippen LogP contribution in [0.3, 0.4) is 0 Å². The summed E-state index contributed by atoms with van der Waals surface area (Å²) in [7, 11) is 0. The van der Waals surface area contributed by atoms with Gasteiger partial charge in [0.15, 0.2) is 0 Å². The fourth-order valence-corrected chi connectivity index (χ4v) is 2.02. The molecule has 17 heavy (non-hydrogen) atoms. The molecule has 5 heteroatoms. The zero-order valence-corrected chi connectivity index (χ0v) is 10.5. The smallest absolute Gasteiger partial charge is 0.270 e. The van der Waals surface area contributed by atoms with Crippen LogP contribution in [0, 0.1) is 0 Å². The first-order chi connectivity index (χ1) is 8.09. The van der Waals surface area contributed by atoms with Crippen molar-refractivity contribution in [2.45, 2.75) is 25.4 Å². The zero-order valence-electron chi connectivity index (χ0n) is 9.70. The fraction of sp³-hybridized carbons (Fsp3) is 0.500. The lowest BCUT2D eigenvalue weighted by atomic mass is 10.0. The first kappa shape index (κ1) is 12.3. The molecule has 0 aliphatic carbocycles. The second-order valence-electron chi connectivity index (χ2n) is 4.44. The molecule has 4 nitrogen and oxygen atoms in total. The van der Waals surface area contributed by atoms with Gasteiger partial charge < -0.3 is 10.1 Å². The van der Waals surface area contributed by atoms with Gasteiger partial charge in [0, 0.05) is 24.4 Å². The average Bonchev–Trinajstić information content (AvgIpc) is 2.74. The molecule has 1 aromatic heterocycles. The lowest BCUT2D eigenvalue weighted by Gasteiger charge is -2.23. The highest BCUT2D eigenvalue weighted by Gasteiger charge is 2.30. The van der Waals surface area contributed by atoms with Crippen molar-refractivity contribution in [2.24, 2.45) is 0 Å². The molecule has 2 heterocycles. The minimum atomic E-state index is -0.242. The molecule has 1 amide bonds. The molecule has 1 aliphatic rings. The second-order valence-corrected chi connectivity index (χ2v) is 4.88. The molecule has 0 aromatic carbocycles. The van der Waals surface area contributed by atoms with E-state index in [4.69, 9.17) is 16.3 Å². The van der Waals surface area contributed by atoms with Gasteiger partial charge in [-0.1, -0.05) is 11.6 Å². The number of rotatable bonds is 3. The Morgan fingerprint density at radius 2 is 2.53 bits per heavy atom. The molecule has 1 saturated heterocycles. The molecule has 0 spiro atoms. The van der Waals surface area contributed by atoms with Gasteiger partial charge in [0.25, 0.3) is 5.91 Å². The van der Waals surface area contributed by atoms with Gasteiger partial charge in [-0.3, -0.25) is 9.78 Å². The largest absolute Gasteiger partial charge is 0.373 e. The summed E-state index contributed by atoms with van der Waals surface area (Å²) in [6, 6.07) is 3.19. The number of ether oxygens (including phenoxy) is 1. The summed E-state index contributed by atoms with van der Waals surface area (Å²) < 4.78 is 5.59. The third kappa shape index (κ3) is 3.17. The summed E-state index contributed by atoms with van der Waals surface area (Å²) in [4.78, 5) is 15.8. The first-order valence-electron chi connectivity index (χ1n) is 5.63. The molecule has 1 aromatic rings. The third-order valence-corrected chi connectivity index (χ3v) is 3.11. The van der Waals surface area contributed by atoms with Gasteiger partial charge >= 0.3 is 0 Å². The number of amides is 1. The molecule has 0 saturated carbocycles. The lowest BCUT2D eigenvalue weighted by molar-refractivity contribution is 0.0205. The lowest BCUT2D eigenvalue weighted by Crippen LogP contribution is -2.40. The summed E-state index contributed by atoms with van der Waals surface area (Å²) in [6.07, 6.45) is 3.53. The van der Waals surface area contributed by atoms with E-state index in [1.807, 2.05) is 6.92 Å². The predicted octanol–water partition coefficient (Wildman–Crippen LogP) is 2.03. The van der Waals surface area contributed by atoms with Gasteiger partial charge in [0.05, 0.1) is 5.60 Å². The summed E-state index contributed by atoms with van der Waals surface area (Å²) in [5.41, 5.74) is 0.0907. The van der Waals surface area contributed by atoms with Crippen molar-refractivity contribution >= 4 is 17.5 Å². The highest BCUT2D eigenvalue weighted by molar-refractivity contribution is 6.30. The maximum Gasteiger partial charge on any atom is 0.270 e. The van der Waals surface area contributed by atoms with E-state index in [2.05, 4.69) is 10.3 Å². The molecule has 0 bridgehead atoms. The first-order valence-corrected chi connectivity index (χ1v) is 6.01. The summed E-state index contributed by atoms with van der Waals surface area (Å²) in [5.74, 6) is -0.218. The number of nitrogens with one attached hydrogen (secondary N) is 1. The Balaban J connectivity index is 1.93. The Morgan fingerprint density at radius 3 is 3.18 bits per heavy atom. The maximum absolute atomic E-state index is 11.8. The Kier molecular flexibility index (Phi) is 3.64. The summed E-state index contributed by atoms with van der Waals surface area (Å²) in [5, 5.41) is 3.33. The van der Waals surface area contributed by atoms with Crippen LogP contribution in [-0.4, -0.2) is 29.6 Å². The Hall–Kier alpha value is -1.13. The van der Waals surface area contributed by atoms with Gasteiger partial charge in [0.1, 0.15) is 5.69 Å². The van der Waals surface area contributed by atoms with Gasteiger partial charge in [-0.25, -0.2) is 0 Å². The molecule has 1 unspecified atom stereocenters. The number of pyridine rings is 1. The Labute approximate surface area is 105 Å². The summed E-state index contributed by atoms with van der Waals surface area (Å²) >= 11 is 5.80. The van der Waals surface area contributed by atoms with E-state index in [1.54, 1.807) is 12.1 Å². The second kappa shape index (κ2) is 5.02. The van der Waals surface area contributed by atoms with E-state index in [9.17, 15) is 4.79 Å². The topological polar surface area (TPSA) is 51.2 Å². The van der Waals surface area contributed by atoms with E-state index in [1.165, 1.54) is 6.20 Å². The molecule has 1 atom stereocenters. The van der Waals surface area contributed by atoms with Crippen LogP contribution < -0.4 is 5.32 Å². The quantitative estimate of drug-likeness (QED) is 0.898. The van der Waals surface area contributed by atoms with Crippen LogP contribution in [0.1, 0.15) is 30.3 Å². The number of nitrogens with zero attached hydrogens (tertiary/aromatic N) is 1. The molecule has 1 N–H and O–H groups in total. The number of carbonyl (C=O) groups excluding carboxylic acids is 1. The third-order valence-electron chi connectivity index (χ3n) is 2.88. The highest BCUT2D eigenvalue weighted by Crippen LogP contribution is 2.23. The van der Waals surface area contributed by atoms with Crippen LogP contribution in [0.25, 0.3) is 0 Å². The van der Waals surface area contributed by atoms with Crippen LogP contribution >= 0.6 is 11.6 Å². The van der Waals surface area contributed by atoms with Crippen LogP contribution in [0.4, 0.5) is 0 Å². The SMILES string of the molecule is CC1(CNC(=O)c2cc(Cl)ccn2)CCCO1. The Morgan fingerprint density at radius 1 is 1.71 bits per heavy atom. The summed E-state index contributed by atoms with van der Waals surface area (Å²) in [6.45, 7) is 3.27. The maximum atomic E-state index is 11.8. The molecule has 0 radical (unpaired) electrons. The minimum absolute atomic E-state index is 0.218. The van der Waals surface area contributed by atoms with E-state index in [0.717, 1.165) is 19.4 Å². The molecule has 2 rings (SSSR count). The number of aromatic nitrogens is 1. The van der Waals surface area contributed by atoms with Gasteiger partial charge in [-0.05, 0) is 31.9 Å². The molecular weight excluding hydrogens is 240 g/mol.